The van der Waals surface area contributed by atoms with Crippen molar-refractivity contribution in [3.8, 4) is 5.75 Å². The first-order chi connectivity index (χ1) is 9.19. The van der Waals surface area contributed by atoms with Gasteiger partial charge in [0, 0.05) is 23.6 Å². The van der Waals surface area contributed by atoms with Crippen LogP contribution in [0.4, 0.5) is 5.69 Å². The number of anilines is 1. The van der Waals surface area contributed by atoms with E-state index in [0.717, 1.165) is 11.5 Å². The maximum absolute atomic E-state index is 12.0. The minimum Gasteiger partial charge on any atom is -0.497 e. The van der Waals surface area contributed by atoms with Gasteiger partial charge in [-0.2, -0.15) is 11.8 Å². The quantitative estimate of drug-likeness (QED) is 0.874. The molecule has 2 amide bonds. The summed E-state index contributed by atoms with van der Waals surface area (Å²) in [5, 5.41) is 5.51. The molecular weight excluding hydrogens is 264 g/mol. The fourth-order valence-corrected chi connectivity index (χ4v) is 2.69. The van der Waals surface area contributed by atoms with E-state index in [0.29, 0.717) is 17.9 Å². The molecule has 0 aromatic heterocycles. The Balaban J connectivity index is 1.97. The Morgan fingerprint density at radius 3 is 2.84 bits per heavy atom. The molecule has 0 saturated carbocycles. The van der Waals surface area contributed by atoms with Crippen molar-refractivity contribution in [2.45, 2.75) is 12.5 Å². The second kappa shape index (κ2) is 6.47. The lowest BCUT2D eigenvalue weighted by atomic mass is 10.2. The maximum Gasteiger partial charge on any atom is 0.247 e. The topological polar surface area (TPSA) is 67.4 Å². The average Bonchev–Trinajstić information content (AvgIpc) is 2.64. The molecule has 5 nitrogen and oxygen atoms in total. The largest absolute Gasteiger partial charge is 0.497 e. The first-order valence-corrected chi connectivity index (χ1v) is 7.16. The van der Waals surface area contributed by atoms with Crippen LogP contribution in [0, 0.1) is 0 Å². The number of carbonyl (C=O) groups excluding carboxylic acids is 2. The minimum absolute atomic E-state index is 0.0696. The Labute approximate surface area is 116 Å². The summed E-state index contributed by atoms with van der Waals surface area (Å²) in [6.07, 6.45) is 0.469. The predicted octanol–water partition coefficient (Wildman–Crippen LogP) is 1.26. The summed E-state index contributed by atoms with van der Waals surface area (Å²) in [7, 11) is 1.59. The summed E-state index contributed by atoms with van der Waals surface area (Å²) >= 11 is 1.61. The van der Waals surface area contributed by atoms with Crippen LogP contribution in [0.2, 0.25) is 0 Å². The Morgan fingerprint density at radius 2 is 2.16 bits per heavy atom. The van der Waals surface area contributed by atoms with E-state index in [4.69, 9.17) is 4.74 Å². The van der Waals surface area contributed by atoms with Crippen molar-refractivity contribution in [1.29, 1.82) is 0 Å². The smallest absolute Gasteiger partial charge is 0.247 e. The van der Waals surface area contributed by atoms with Crippen LogP contribution in [0.25, 0.3) is 0 Å². The molecule has 1 aliphatic heterocycles. The van der Waals surface area contributed by atoms with Crippen LogP contribution in [-0.2, 0) is 9.59 Å². The zero-order valence-electron chi connectivity index (χ0n) is 10.6. The van der Waals surface area contributed by atoms with E-state index in [9.17, 15) is 9.59 Å². The van der Waals surface area contributed by atoms with Gasteiger partial charge in [0.05, 0.1) is 7.11 Å². The minimum atomic E-state index is -0.470. The van der Waals surface area contributed by atoms with Crippen molar-refractivity contribution < 1.29 is 14.3 Å². The van der Waals surface area contributed by atoms with Gasteiger partial charge in [0.15, 0.2) is 0 Å². The van der Waals surface area contributed by atoms with Crippen molar-refractivity contribution in [3.05, 3.63) is 24.3 Å². The van der Waals surface area contributed by atoms with Crippen LogP contribution in [-0.4, -0.2) is 36.5 Å². The highest BCUT2D eigenvalue weighted by Gasteiger charge is 2.23. The second-order valence-electron chi connectivity index (χ2n) is 4.16. The first-order valence-electron chi connectivity index (χ1n) is 6.01. The van der Waals surface area contributed by atoms with E-state index in [1.165, 1.54) is 0 Å². The van der Waals surface area contributed by atoms with Gasteiger partial charge < -0.3 is 15.4 Å². The number of thioether (sulfide) groups is 1. The van der Waals surface area contributed by atoms with E-state index < -0.39 is 6.04 Å². The molecule has 2 N–H and O–H groups in total. The molecule has 6 heteroatoms. The monoisotopic (exact) mass is 280 g/mol. The number of methoxy groups -OCH3 is 1. The van der Waals surface area contributed by atoms with Gasteiger partial charge in [-0.1, -0.05) is 0 Å². The number of hydrogen-bond acceptors (Lipinski definition) is 4. The second-order valence-corrected chi connectivity index (χ2v) is 5.31. The molecule has 1 aromatic rings. The third-order valence-corrected chi connectivity index (χ3v) is 3.83. The normalized spacial score (nSPS) is 19.2. The van der Waals surface area contributed by atoms with Crippen molar-refractivity contribution in [2.24, 2.45) is 0 Å². The van der Waals surface area contributed by atoms with Gasteiger partial charge in [-0.3, -0.25) is 9.59 Å². The summed E-state index contributed by atoms with van der Waals surface area (Å²) in [4.78, 5) is 23.5. The van der Waals surface area contributed by atoms with Crippen molar-refractivity contribution >= 4 is 29.3 Å². The van der Waals surface area contributed by atoms with Gasteiger partial charge in [-0.25, -0.2) is 0 Å². The van der Waals surface area contributed by atoms with E-state index in [-0.39, 0.29) is 11.8 Å². The number of ether oxygens (including phenoxy) is 1. The molecular formula is C13H16N2O3S. The van der Waals surface area contributed by atoms with E-state index in [2.05, 4.69) is 10.6 Å². The van der Waals surface area contributed by atoms with Gasteiger partial charge in [0.25, 0.3) is 0 Å². The number of hydrogen-bond donors (Lipinski definition) is 2. The highest BCUT2D eigenvalue weighted by Crippen LogP contribution is 2.16. The standard InChI is InChI=1S/C13H16N2O3S/c1-18-10-4-2-9(3-5-10)14-13(17)11-8-19-7-6-12(16)15-11/h2-5,11H,6-8H2,1H3,(H,14,17)(H,15,16)/t11-/m1/s1. The Bertz CT molecular complexity index is 461. The van der Waals surface area contributed by atoms with Gasteiger partial charge in [-0.05, 0) is 24.3 Å². The molecule has 102 valence electrons. The summed E-state index contributed by atoms with van der Waals surface area (Å²) < 4.78 is 5.05. The Kier molecular flexibility index (Phi) is 4.68. The molecule has 1 atom stereocenters. The molecule has 0 spiro atoms. The van der Waals surface area contributed by atoms with Crippen molar-refractivity contribution in [1.82, 2.24) is 5.32 Å². The van der Waals surface area contributed by atoms with Gasteiger partial charge in [0.2, 0.25) is 11.8 Å². The zero-order chi connectivity index (χ0) is 13.7. The number of amides is 2. The number of benzene rings is 1. The average molecular weight is 280 g/mol. The highest BCUT2D eigenvalue weighted by molar-refractivity contribution is 7.99. The van der Waals surface area contributed by atoms with E-state index in [1.807, 2.05) is 0 Å². The number of nitrogens with one attached hydrogen (secondary N) is 2. The number of carbonyl (C=O) groups is 2. The molecule has 1 aromatic carbocycles. The first kappa shape index (κ1) is 13.7. The van der Waals surface area contributed by atoms with Gasteiger partial charge >= 0.3 is 0 Å². The lowest BCUT2D eigenvalue weighted by Crippen LogP contribution is -2.44. The molecule has 1 aliphatic rings. The molecule has 0 unspecified atom stereocenters. The Hall–Kier alpha value is -1.69. The molecule has 1 fully saturated rings. The molecule has 19 heavy (non-hydrogen) atoms. The van der Waals surface area contributed by atoms with Crippen LogP contribution in [0.3, 0.4) is 0 Å². The fourth-order valence-electron chi connectivity index (χ4n) is 1.72. The van der Waals surface area contributed by atoms with Crippen LogP contribution < -0.4 is 15.4 Å². The molecule has 0 radical (unpaired) electrons. The van der Waals surface area contributed by atoms with Gasteiger partial charge in [0.1, 0.15) is 11.8 Å². The molecule has 1 saturated heterocycles. The van der Waals surface area contributed by atoms with Crippen LogP contribution in [0.1, 0.15) is 6.42 Å². The van der Waals surface area contributed by atoms with Gasteiger partial charge in [-0.15, -0.1) is 0 Å². The molecule has 0 aliphatic carbocycles. The zero-order valence-corrected chi connectivity index (χ0v) is 11.5. The third-order valence-electron chi connectivity index (χ3n) is 2.77. The van der Waals surface area contributed by atoms with Crippen LogP contribution in [0.15, 0.2) is 24.3 Å². The van der Waals surface area contributed by atoms with Crippen molar-refractivity contribution in [2.75, 3.05) is 23.9 Å². The lowest BCUT2D eigenvalue weighted by Gasteiger charge is -2.15. The van der Waals surface area contributed by atoms with Crippen molar-refractivity contribution in [3.63, 3.8) is 0 Å². The van der Waals surface area contributed by atoms with E-state index in [1.54, 1.807) is 43.1 Å². The summed E-state index contributed by atoms with van der Waals surface area (Å²) in [6, 6.07) is 6.61. The summed E-state index contributed by atoms with van der Waals surface area (Å²) in [5.41, 5.74) is 0.689. The third kappa shape index (κ3) is 3.89. The number of rotatable bonds is 3. The van der Waals surface area contributed by atoms with Crippen LogP contribution >= 0.6 is 11.8 Å². The highest BCUT2D eigenvalue weighted by atomic mass is 32.2. The summed E-state index contributed by atoms with van der Waals surface area (Å²) in [6.45, 7) is 0. The molecule has 0 bridgehead atoms. The maximum atomic E-state index is 12.0. The Morgan fingerprint density at radius 1 is 1.42 bits per heavy atom. The lowest BCUT2D eigenvalue weighted by molar-refractivity contribution is -0.125. The molecule has 1 heterocycles. The predicted molar refractivity (Wildman–Crippen MR) is 75.5 cm³/mol. The van der Waals surface area contributed by atoms with Crippen LogP contribution in [0.5, 0.6) is 5.75 Å². The summed E-state index contributed by atoms with van der Waals surface area (Å²) in [5.74, 6) is 1.84. The SMILES string of the molecule is COc1ccc(NC(=O)[C@H]2CSCCC(=O)N2)cc1. The van der Waals surface area contributed by atoms with E-state index >= 15 is 0 Å². The molecule has 2 rings (SSSR count). The fraction of sp³-hybridized carbons (Fsp3) is 0.385.